The highest BCUT2D eigenvalue weighted by atomic mass is 14.7. The van der Waals surface area contributed by atoms with Crippen LogP contribution < -0.4 is 0 Å². The average Bonchev–Trinajstić information content (AvgIpc) is 2.70. The lowest BCUT2D eigenvalue weighted by Gasteiger charge is -2.17. The minimum atomic E-state index is 0.460. The summed E-state index contributed by atoms with van der Waals surface area (Å²) in [4.78, 5) is 9.15. The van der Waals surface area contributed by atoms with E-state index in [0.717, 1.165) is 19.3 Å². The van der Waals surface area contributed by atoms with Gasteiger partial charge in [-0.2, -0.15) is 0 Å². The summed E-state index contributed by atoms with van der Waals surface area (Å²) in [5, 5.41) is 2.54. The van der Waals surface area contributed by atoms with E-state index in [0.29, 0.717) is 17.8 Å². The van der Waals surface area contributed by atoms with Crippen LogP contribution in [0.2, 0.25) is 0 Å². The van der Waals surface area contributed by atoms with Crippen molar-refractivity contribution in [3.63, 3.8) is 0 Å². The summed E-state index contributed by atoms with van der Waals surface area (Å²) in [5.41, 5.74) is 5.28. The maximum absolute atomic E-state index is 4.75. The number of hydrogen-bond donors (Lipinski definition) is 0. The van der Waals surface area contributed by atoms with Gasteiger partial charge in [0, 0.05) is 29.7 Å². The van der Waals surface area contributed by atoms with Crippen molar-refractivity contribution in [1.29, 1.82) is 0 Å². The molecule has 1 aromatic carbocycles. The standard InChI is InChI=1S/C25H32N2/c1-6-20-11-24(15-26-14-20)18(4)7-8-19(5)25-13-23-12-21(17(2)3)9-10-22(23)16-27-25/h9-19H,6-8H2,1-5H3. The Hall–Kier alpha value is -2.22. The van der Waals surface area contributed by atoms with Crippen molar-refractivity contribution in [2.75, 3.05) is 0 Å². The van der Waals surface area contributed by atoms with Crippen molar-refractivity contribution in [3.05, 3.63) is 71.3 Å². The number of fused-ring (bicyclic) bond motifs is 1. The highest BCUT2D eigenvalue weighted by Gasteiger charge is 2.13. The van der Waals surface area contributed by atoms with E-state index in [1.54, 1.807) is 0 Å². The number of aryl methyl sites for hydroxylation is 1. The summed E-state index contributed by atoms with van der Waals surface area (Å²) < 4.78 is 0. The van der Waals surface area contributed by atoms with Gasteiger partial charge in [-0.15, -0.1) is 0 Å². The summed E-state index contributed by atoms with van der Waals surface area (Å²) in [7, 11) is 0. The lowest BCUT2D eigenvalue weighted by molar-refractivity contribution is 0.564. The van der Waals surface area contributed by atoms with Crippen molar-refractivity contribution < 1.29 is 0 Å². The maximum atomic E-state index is 4.75. The van der Waals surface area contributed by atoms with Crippen molar-refractivity contribution >= 4 is 10.8 Å². The SMILES string of the molecule is CCc1cncc(C(C)CCC(C)c2cc3cc(C(C)C)ccc3cn2)c1. The summed E-state index contributed by atoms with van der Waals surface area (Å²) in [6.45, 7) is 11.3. The minimum absolute atomic E-state index is 0.460. The van der Waals surface area contributed by atoms with Crippen LogP contribution in [0.3, 0.4) is 0 Å². The number of pyridine rings is 2. The fourth-order valence-electron chi connectivity index (χ4n) is 3.59. The van der Waals surface area contributed by atoms with Gasteiger partial charge in [0.05, 0.1) is 0 Å². The quantitative estimate of drug-likeness (QED) is 0.453. The molecular weight excluding hydrogens is 328 g/mol. The van der Waals surface area contributed by atoms with Crippen LogP contribution >= 0.6 is 0 Å². The van der Waals surface area contributed by atoms with Crippen LogP contribution in [0.4, 0.5) is 0 Å². The zero-order chi connectivity index (χ0) is 19.4. The van der Waals surface area contributed by atoms with Gasteiger partial charge >= 0.3 is 0 Å². The predicted octanol–water partition coefficient (Wildman–Crippen LogP) is 7.00. The number of benzene rings is 1. The molecule has 0 fully saturated rings. The van der Waals surface area contributed by atoms with Gasteiger partial charge in [0.1, 0.15) is 0 Å². The van der Waals surface area contributed by atoms with E-state index >= 15 is 0 Å². The molecule has 0 saturated carbocycles. The van der Waals surface area contributed by atoms with Crippen LogP contribution in [0.25, 0.3) is 10.8 Å². The molecular formula is C25H32N2. The number of aromatic nitrogens is 2. The van der Waals surface area contributed by atoms with Crippen LogP contribution in [0.5, 0.6) is 0 Å². The molecule has 0 aliphatic carbocycles. The molecule has 0 bridgehead atoms. The van der Waals surface area contributed by atoms with Crippen molar-refractivity contribution in [3.8, 4) is 0 Å². The molecule has 2 heterocycles. The largest absolute Gasteiger partial charge is 0.264 e. The molecule has 0 N–H and O–H groups in total. The van der Waals surface area contributed by atoms with Crippen molar-refractivity contribution in [2.24, 2.45) is 0 Å². The van der Waals surface area contributed by atoms with E-state index in [1.165, 1.54) is 33.2 Å². The molecule has 0 aliphatic rings. The monoisotopic (exact) mass is 360 g/mol. The average molecular weight is 361 g/mol. The predicted molar refractivity (Wildman–Crippen MR) is 116 cm³/mol. The first-order chi connectivity index (χ1) is 13.0. The first-order valence-electron chi connectivity index (χ1n) is 10.3. The van der Waals surface area contributed by atoms with Gasteiger partial charge in [-0.3, -0.25) is 9.97 Å². The van der Waals surface area contributed by atoms with Crippen molar-refractivity contribution in [2.45, 2.75) is 71.6 Å². The number of hydrogen-bond acceptors (Lipinski definition) is 2. The van der Waals surface area contributed by atoms with Gasteiger partial charge in [-0.05, 0) is 65.2 Å². The molecule has 142 valence electrons. The van der Waals surface area contributed by atoms with Gasteiger partial charge < -0.3 is 0 Å². The zero-order valence-electron chi connectivity index (χ0n) is 17.4. The third kappa shape index (κ3) is 4.74. The summed E-state index contributed by atoms with van der Waals surface area (Å²) in [5.74, 6) is 1.54. The lowest BCUT2D eigenvalue weighted by Crippen LogP contribution is -2.02. The molecule has 0 saturated heterocycles. The van der Waals surface area contributed by atoms with Crippen LogP contribution in [0, 0.1) is 0 Å². The Kier molecular flexibility index (Phi) is 6.26. The zero-order valence-corrected chi connectivity index (χ0v) is 17.4. The van der Waals surface area contributed by atoms with Gasteiger partial charge in [-0.25, -0.2) is 0 Å². The third-order valence-corrected chi connectivity index (χ3v) is 5.76. The van der Waals surface area contributed by atoms with Crippen molar-refractivity contribution in [1.82, 2.24) is 9.97 Å². The molecule has 3 rings (SSSR count). The van der Waals surface area contributed by atoms with Crippen LogP contribution in [0.15, 0.2) is 48.9 Å². The Morgan fingerprint density at radius 3 is 2.30 bits per heavy atom. The fourth-order valence-corrected chi connectivity index (χ4v) is 3.59. The summed E-state index contributed by atoms with van der Waals surface area (Å²) >= 11 is 0. The molecule has 0 aliphatic heterocycles. The van der Waals surface area contributed by atoms with E-state index in [9.17, 15) is 0 Å². The second kappa shape index (κ2) is 8.65. The Morgan fingerprint density at radius 1 is 0.778 bits per heavy atom. The summed E-state index contributed by atoms with van der Waals surface area (Å²) in [6, 6.07) is 11.3. The molecule has 2 atom stereocenters. The van der Waals surface area contributed by atoms with E-state index in [1.807, 2.05) is 18.6 Å². The van der Waals surface area contributed by atoms with Gasteiger partial charge in [0.2, 0.25) is 0 Å². The first-order valence-corrected chi connectivity index (χ1v) is 10.3. The Morgan fingerprint density at radius 2 is 1.56 bits per heavy atom. The normalized spacial score (nSPS) is 13.9. The smallest absolute Gasteiger partial charge is 0.0438 e. The topological polar surface area (TPSA) is 25.8 Å². The van der Waals surface area contributed by atoms with E-state index < -0.39 is 0 Å². The highest BCUT2D eigenvalue weighted by Crippen LogP contribution is 2.29. The second-order valence-corrected chi connectivity index (χ2v) is 8.23. The number of nitrogens with zero attached hydrogens (tertiary/aromatic N) is 2. The van der Waals surface area contributed by atoms with E-state index in [2.05, 4.69) is 69.9 Å². The molecule has 2 nitrogen and oxygen atoms in total. The van der Waals surface area contributed by atoms with Crippen LogP contribution in [-0.2, 0) is 6.42 Å². The van der Waals surface area contributed by atoms with E-state index in [-0.39, 0.29) is 0 Å². The first kappa shape index (κ1) is 19.5. The molecule has 2 heteroatoms. The molecule has 27 heavy (non-hydrogen) atoms. The fraction of sp³-hybridized carbons (Fsp3) is 0.440. The second-order valence-electron chi connectivity index (χ2n) is 8.23. The Balaban J connectivity index is 1.70. The van der Waals surface area contributed by atoms with E-state index in [4.69, 9.17) is 4.98 Å². The van der Waals surface area contributed by atoms with Gasteiger partial charge in [0.15, 0.2) is 0 Å². The molecule has 0 amide bonds. The van der Waals surface area contributed by atoms with Crippen LogP contribution in [0.1, 0.15) is 87.6 Å². The van der Waals surface area contributed by atoms with Crippen LogP contribution in [-0.4, -0.2) is 9.97 Å². The summed E-state index contributed by atoms with van der Waals surface area (Å²) in [6.07, 6.45) is 9.37. The Bertz CT molecular complexity index is 898. The Labute approximate surface area is 164 Å². The van der Waals surface area contributed by atoms with Gasteiger partial charge in [0.25, 0.3) is 0 Å². The highest BCUT2D eigenvalue weighted by molar-refractivity contribution is 5.82. The molecule has 3 aromatic rings. The molecule has 0 radical (unpaired) electrons. The lowest BCUT2D eigenvalue weighted by atomic mass is 9.90. The molecule has 0 spiro atoms. The number of rotatable bonds is 7. The van der Waals surface area contributed by atoms with Gasteiger partial charge in [-0.1, -0.05) is 58.9 Å². The third-order valence-electron chi connectivity index (χ3n) is 5.76. The molecule has 2 unspecified atom stereocenters. The minimum Gasteiger partial charge on any atom is -0.264 e. The molecule has 2 aromatic heterocycles. The maximum Gasteiger partial charge on any atom is 0.0438 e.